The van der Waals surface area contributed by atoms with Gasteiger partial charge in [0.25, 0.3) is 11.5 Å². The van der Waals surface area contributed by atoms with Crippen molar-refractivity contribution in [2.75, 3.05) is 38.1 Å². The number of carbonyl (C=O) groups is 1. The quantitative estimate of drug-likeness (QED) is 0.231. The molecule has 40 heavy (non-hydrogen) atoms. The number of pyridine rings is 1. The summed E-state index contributed by atoms with van der Waals surface area (Å²) in [5.41, 5.74) is 14.0. The van der Waals surface area contributed by atoms with Crippen molar-refractivity contribution >= 4 is 44.8 Å². The third kappa shape index (κ3) is 4.32. The maximum Gasteiger partial charge on any atom is 0.273 e. The highest BCUT2D eigenvalue weighted by atomic mass is 32.1. The molecule has 5 aromatic rings. The molecule has 0 unspecified atom stereocenters. The molecule has 202 valence electrons. The zero-order valence-electron chi connectivity index (χ0n) is 21.6. The number of hydrogen-bond donors (Lipinski definition) is 4. The van der Waals surface area contributed by atoms with Crippen LogP contribution in [0.15, 0.2) is 53.3 Å². The number of anilines is 3. The lowest BCUT2D eigenvalue weighted by molar-refractivity contribution is 0.103. The van der Waals surface area contributed by atoms with Crippen LogP contribution in [0.4, 0.5) is 17.3 Å². The van der Waals surface area contributed by atoms with E-state index in [1.54, 1.807) is 36.4 Å². The predicted octanol–water partition coefficient (Wildman–Crippen LogP) is 3.76. The van der Waals surface area contributed by atoms with E-state index >= 15 is 0 Å². The number of fused-ring (bicyclic) bond motifs is 1. The molecule has 13 heteroatoms. The van der Waals surface area contributed by atoms with Gasteiger partial charge in [-0.2, -0.15) is 5.26 Å². The SMILES string of the molecule is COc1cc(-c2c(C#N)c(N)nc3sc(C(=O)Nc4cc(=O)n(-c5ccccc5)[nH]4)c(N)c23)cc(OC)c1OC. The van der Waals surface area contributed by atoms with E-state index in [0.717, 1.165) is 11.3 Å². The molecule has 6 N–H and O–H groups in total. The minimum Gasteiger partial charge on any atom is -0.493 e. The Morgan fingerprint density at radius 3 is 2.35 bits per heavy atom. The molecular weight excluding hydrogens is 534 g/mol. The third-order valence-corrected chi connectivity index (χ3v) is 7.26. The number of aromatic nitrogens is 3. The lowest BCUT2D eigenvalue weighted by atomic mass is 9.96. The molecule has 2 aromatic carbocycles. The van der Waals surface area contributed by atoms with Crippen molar-refractivity contribution in [3.8, 4) is 40.1 Å². The predicted molar refractivity (Wildman–Crippen MR) is 153 cm³/mol. The Hall–Kier alpha value is -5.48. The molecule has 0 bridgehead atoms. The molecule has 0 spiro atoms. The first-order valence-corrected chi connectivity index (χ1v) is 12.5. The highest BCUT2D eigenvalue weighted by molar-refractivity contribution is 7.21. The maximum atomic E-state index is 13.3. The van der Waals surface area contributed by atoms with Gasteiger partial charge >= 0.3 is 0 Å². The molecule has 0 fully saturated rings. The van der Waals surface area contributed by atoms with E-state index < -0.39 is 5.91 Å². The van der Waals surface area contributed by atoms with Gasteiger partial charge in [0.15, 0.2) is 11.5 Å². The number of thiophene rings is 1. The topological polar surface area (TPSA) is 183 Å². The number of nitrogens with two attached hydrogens (primary N) is 2. The zero-order valence-corrected chi connectivity index (χ0v) is 22.4. The molecule has 0 atom stereocenters. The summed E-state index contributed by atoms with van der Waals surface area (Å²) < 4.78 is 17.7. The van der Waals surface area contributed by atoms with E-state index in [0.29, 0.717) is 44.3 Å². The molecule has 1 amide bonds. The van der Waals surface area contributed by atoms with Crippen molar-refractivity contribution in [2.24, 2.45) is 0 Å². The number of nitrogens with one attached hydrogen (secondary N) is 2. The van der Waals surface area contributed by atoms with Crippen molar-refractivity contribution in [3.05, 3.63) is 69.3 Å². The molecule has 0 aliphatic rings. The summed E-state index contributed by atoms with van der Waals surface area (Å²) in [5.74, 6) is 0.628. The van der Waals surface area contributed by atoms with E-state index in [1.165, 1.54) is 32.1 Å². The van der Waals surface area contributed by atoms with Crippen molar-refractivity contribution in [2.45, 2.75) is 0 Å². The van der Waals surface area contributed by atoms with Crippen LogP contribution in [0.25, 0.3) is 27.0 Å². The Bertz CT molecular complexity index is 1840. The fraction of sp³-hybridized carbons (Fsp3) is 0.111. The number of ether oxygens (including phenoxy) is 3. The van der Waals surface area contributed by atoms with Crippen molar-refractivity contribution in [1.29, 1.82) is 5.26 Å². The van der Waals surface area contributed by atoms with Gasteiger partial charge in [0.05, 0.1) is 32.7 Å². The molecule has 0 radical (unpaired) electrons. The van der Waals surface area contributed by atoms with Crippen LogP contribution in [-0.4, -0.2) is 42.0 Å². The number of hydrogen-bond acceptors (Lipinski definition) is 10. The molecule has 0 aliphatic heterocycles. The minimum atomic E-state index is -0.574. The number of nitriles is 1. The lowest BCUT2D eigenvalue weighted by Gasteiger charge is -2.16. The van der Waals surface area contributed by atoms with Crippen LogP contribution in [-0.2, 0) is 0 Å². The van der Waals surface area contributed by atoms with Crippen molar-refractivity contribution in [1.82, 2.24) is 14.8 Å². The monoisotopic (exact) mass is 557 g/mol. The average molecular weight is 558 g/mol. The van der Waals surface area contributed by atoms with Crippen molar-refractivity contribution < 1.29 is 19.0 Å². The summed E-state index contributed by atoms with van der Waals surface area (Å²) in [6.07, 6.45) is 0. The highest BCUT2D eigenvalue weighted by Gasteiger charge is 2.26. The van der Waals surface area contributed by atoms with E-state index in [-0.39, 0.29) is 33.3 Å². The van der Waals surface area contributed by atoms with E-state index in [1.807, 2.05) is 6.07 Å². The van der Waals surface area contributed by atoms with Gasteiger partial charge in [-0.3, -0.25) is 14.7 Å². The van der Waals surface area contributed by atoms with E-state index in [4.69, 9.17) is 25.7 Å². The molecular formula is C27H23N7O5S. The van der Waals surface area contributed by atoms with Gasteiger partial charge in [0.1, 0.15) is 33.0 Å². The average Bonchev–Trinajstić information content (AvgIpc) is 3.50. The molecule has 12 nitrogen and oxygen atoms in total. The molecule has 0 saturated carbocycles. The number of H-pyrrole nitrogens is 1. The number of methoxy groups -OCH3 is 3. The van der Waals surface area contributed by atoms with Gasteiger partial charge in [-0.05, 0) is 29.8 Å². The second-order valence-corrected chi connectivity index (χ2v) is 9.43. The summed E-state index contributed by atoms with van der Waals surface area (Å²) >= 11 is 1.00. The number of rotatable bonds is 7. The number of para-hydroxylation sites is 1. The van der Waals surface area contributed by atoms with Gasteiger partial charge in [-0.25, -0.2) is 9.67 Å². The smallest absolute Gasteiger partial charge is 0.273 e. The van der Waals surface area contributed by atoms with Gasteiger partial charge in [0.2, 0.25) is 5.75 Å². The van der Waals surface area contributed by atoms with Crippen LogP contribution >= 0.6 is 11.3 Å². The second-order valence-electron chi connectivity index (χ2n) is 8.43. The normalized spacial score (nSPS) is 10.8. The Kier molecular flexibility index (Phi) is 6.76. The Morgan fingerprint density at radius 1 is 1.07 bits per heavy atom. The zero-order chi connectivity index (χ0) is 28.6. The number of carbonyl (C=O) groups excluding carboxylic acids is 1. The van der Waals surface area contributed by atoms with E-state index in [9.17, 15) is 14.9 Å². The molecule has 3 heterocycles. The summed E-state index contributed by atoms with van der Waals surface area (Å²) in [6.45, 7) is 0. The minimum absolute atomic E-state index is 0.0313. The Balaban J connectivity index is 1.63. The number of amides is 1. The van der Waals surface area contributed by atoms with Gasteiger partial charge in [-0.1, -0.05) is 18.2 Å². The molecule has 0 aliphatic carbocycles. The molecule has 5 rings (SSSR count). The van der Waals surface area contributed by atoms with Crippen molar-refractivity contribution in [3.63, 3.8) is 0 Å². The van der Waals surface area contributed by atoms with Crippen LogP contribution in [0.2, 0.25) is 0 Å². The van der Waals surface area contributed by atoms with Gasteiger partial charge < -0.3 is 31.0 Å². The summed E-state index contributed by atoms with van der Waals surface area (Å²) in [6, 6.07) is 15.6. The second kappa shape index (κ2) is 10.4. The number of nitrogens with zero attached hydrogens (tertiary/aromatic N) is 3. The first-order valence-electron chi connectivity index (χ1n) is 11.7. The highest BCUT2D eigenvalue weighted by Crippen LogP contribution is 2.47. The summed E-state index contributed by atoms with van der Waals surface area (Å²) in [5, 5.41) is 15.9. The van der Waals surface area contributed by atoms with Crippen LogP contribution in [0.1, 0.15) is 15.2 Å². The number of aromatic amines is 1. The van der Waals surface area contributed by atoms with E-state index in [2.05, 4.69) is 21.5 Å². The fourth-order valence-corrected chi connectivity index (χ4v) is 5.38. The maximum absolute atomic E-state index is 13.3. The van der Waals surface area contributed by atoms with Gasteiger partial charge in [0, 0.05) is 17.0 Å². The van der Waals surface area contributed by atoms with Crippen LogP contribution in [0, 0.1) is 11.3 Å². The first kappa shape index (κ1) is 26.1. The van der Waals surface area contributed by atoms with Crippen LogP contribution in [0.3, 0.4) is 0 Å². The number of benzene rings is 2. The number of nitrogen functional groups attached to an aromatic ring is 2. The van der Waals surface area contributed by atoms with Crippen LogP contribution in [0.5, 0.6) is 17.2 Å². The molecule has 0 saturated heterocycles. The summed E-state index contributed by atoms with van der Waals surface area (Å²) in [7, 11) is 4.42. The Morgan fingerprint density at radius 2 is 1.75 bits per heavy atom. The fourth-order valence-electron chi connectivity index (χ4n) is 4.37. The first-order chi connectivity index (χ1) is 19.3. The summed E-state index contributed by atoms with van der Waals surface area (Å²) in [4.78, 5) is 30.7. The third-order valence-electron chi connectivity index (χ3n) is 6.16. The Labute approximate surface area is 231 Å². The van der Waals surface area contributed by atoms with Gasteiger partial charge in [-0.15, -0.1) is 11.3 Å². The van der Waals surface area contributed by atoms with Crippen LogP contribution < -0.4 is 36.6 Å². The molecule has 3 aromatic heterocycles. The standard InChI is InChI=1S/C27H23N7O5S/c1-37-16-9-13(10-17(38-2)23(16)39-3)20-15(12-28)25(30)32-27-21(20)22(29)24(40-27)26(36)31-18-11-19(35)34(33-18)14-7-5-4-6-8-14/h4-11,33H,29H2,1-3H3,(H2,30,32)(H,31,36). The largest absolute Gasteiger partial charge is 0.493 e. The lowest BCUT2D eigenvalue weighted by Crippen LogP contribution is -2.13.